The fourth-order valence-electron chi connectivity index (χ4n) is 4.88. The number of fused-ring (bicyclic) bond motifs is 2. The molecule has 3 fully saturated rings. The largest absolute Gasteiger partial charge is 0.573 e. The zero-order valence-corrected chi connectivity index (χ0v) is 13.6. The number of piperazine rings is 1. The molecule has 0 spiro atoms. The van der Waals surface area contributed by atoms with Crippen molar-refractivity contribution in [2.75, 3.05) is 31.1 Å². The van der Waals surface area contributed by atoms with Gasteiger partial charge in [-0.1, -0.05) is 18.6 Å². The third-order valence-electron chi connectivity index (χ3n) is 5.92. The Kier molecular flexibility index (Phi) is 4.11. The maximum atomic E-state index is 12.6. The van der Waals surface area contributed by atoms with Gasteiger partial charge in [-0.25, -0.2) is 0 Å². The van der Waals surface area contributed by atoms with E-state index in [1.165, 1.54) is 31.7 Å². The number of alkyl halides is 3. The zero-order chi connectivity index (χ0) is 16.7. The number of anilines is 1. The van der Waals surface area contributed by atoms with E-state index in [2.05, 4.69) is 9.64 Å². The molecule has 1 heterocycles. The molecule has 4 rings (SSSR count). The van der Waals surface area contributed by atoms with E-state index in [0.29, 0.717) is 11.7 Å². The quantitative estimate of drug-likeness (QED) is 0.830. The first kappa shape index (κ1) is 16.1. The van der Waals surface area contributed by atoms with Crippen LogP contribution in [0.5, 0.6) is 5.75 Å². The average molecular weight is 340 g/mol. The van der Waals surface area contributed by atoms with E-state index in [9.17, 15) is 13.2 Å². The molecule has 3 nitrogen and oxygen atoms in total. The predicted octanol–water partition coefficient (Wildman–Crippen LogP) is 3.90. The van der Waals surface area contributed by atoms with E-state index in [1.807, 2.05) is 4.90 Å². The van der Waals surface area contributed by atoms with Crippen molar-refractivity contribution < 1.29 is 17.9 Å². The number of halogens is 3. The summed E-state index contributed by atoms with van der Waals surface area (Å²) in [6.45, 7) is 3.36. The van der Waals surface area contributed by atoms with Crippen LogP contribution in [0.25, 0.3) is 0 Å². The Bertz CT molecular complexity index is 584. The van der Waals surface area contributed by atoms with Crippen molar-refractivity contribution in [1.29, 1.82) is 0 Å². The van der Waals surface area contributed by atoms with Crippen molar-refractivity contribution in [2.24, 2.45) is 11.8 Å². The molecule has 2 saturated carbocycles. The minimum atomic E-state index is -4.65. The highest BCUT2D eigenvalue weighted by Crippen LogP contribution is 2.47. The smallest absolute Gasteiger partial charge is 0.404 e. The molecule has 1 aromatic rings. The molecule has 2 aliphatic carbocycles. The Morgan fingerprint density at radius 1 is 0.958 bits per heavy atom. The van der Waals surface area contributed by atoms with E-state index >= 15 is 0 Å². The SMILES string of the molecule is FC(F)(F)Oc1ccccc1N1CCN(C2CC3CCC2C3)CC1. The second-order valence-electron chi connectivity index (χ2n) is 7.28. The topological polar surface area (TPSA) is 15.7 Å². The lowest BCUT2D eigenvalue weighted by Gasteiger charge is -2.42. The molecule has 3 unspecified atom stereocenters. The Balaban J connectivity index is 1.41. The molecule has 1 aliphatic heterocycles. The third-order valence-corrected chi connectivity index (χ3v) is 5.92. The maximum absolute atomic E-state index is 12.6. The molecular weight excluding hydrogens is 317 g/mol. The average Bonchev–Trinajstić information content (AvgIpc) is 3.17. The Labute approximate surface area is 140 Å². The van der Waals surface area contributed by atoms with Gasteiger partial charge in [0.15, 0.2) is 5.75 Å². The predicted molar refractivity (Wildman–Crippen MR) is 86.1 cm³/mol. The van der Waals surface area contributed by atoms with Crippen molar-refractivity contribution in [3.8, 4) is 5.75 Å². The zero-order valence-electron chi connectivity index (χ0n) is 13.6. The van der Waals surface area contributed by atoms with Gasteiger partial charge in [-0.15, -0.1) is 13.2 Å². The summed E-state index contributed by atoms with van der Waals surface area (Å²) in [7, 11) is 0. The molecule has 24 heavy (non-hydrogen) atoms. The first-order valence-corrected chi connectivity index (χ1v) is 8.83. The van der Waals surface area contributed by atoms with Gasteiger partial charge in [-0.3, -0.25) is 4.90 Å². The van der Waals surface area contributed by atoms with Crippen LogP contribution < -0.4 is 9.64 Å². The molecule has 0 radical (unpaired) electrons. The van der Waals surface area contributed by atoms with E-state index in [1.54, 1.807) is 18.2 Å². The first-order valence-electron chi connectivity index (χ1n) is 8.83. The summed E-state index contributed by atoms with van der Waals surface area (Å²) in [6.07, 6.45) is 0.799. The van der Waals surface area contributed by atoms with E-state index in [4.69, 9.17) is 0 Å². The van der Waals surface area contributed by atoms with Crippen LogP contribution >= 0.6 is 0 Å². The van der Waals surface area contributed by atoms with Crippen LogP contribution in [-0.2, 0) is 0 Å². The standard InChI is InChI=1S/C18H23F3N2O/c19-18(20,21)24-17-4-2-1-3-15(17)22-7-9-23(10-8-22)16-12-13-5-6-14(16)11-13/h1-4,13-14,16H,5-12H2. The number of hydrogen-bond donors (Lipinski definition) is 0. The van der Waals surface area contributed by atoms with E-state index < -0.39 is 6.36 Å². The van der Waals surface area contributed by atoms with Gasteiger partial charge >= 0.3 is 6.36 Å². The van der Waals surface area contributed by atoms with Crippen molar-refractivity contribution in [3.05, 3.63) is 24.3 Å². The molecular formula is C18H23F3N2O. The number of benzene rings is 1. The Morgan fingerprint density at radius 3 is 2.33 bits per heavy atom. The summed E-state index contributed by atoms with van der Waals surface area (Å²) in [4.78, 5) is 4.58. The van der Waals surface area contributed by atoms with Gasteiger partial charge in [0.05, 0.1) is 5.69 Å². The van der Waals surface area contributed by atoms with Gasteiger partial charge < -0.3 is 9.64 Å². The van der Waals surface area contributed by atoms with Crippen molar-refractivity contribution in [3.63, 3.8) is 0 Å². The summed E-state index contributed by atoms with van der Waals surface area (Å²) in [5.41, 5.74) is 0.544. The summed E-state index contributed by atoms with van der Waals surface area (Å²) >= 11 is 0. The second-order valence-corrected chi connectivity index (χ2v) is 7.28. The molecule has 1 saturated heterocycles. The summed E-state index contributed by atoms with van der Waals surface area (Å²) < 4.78 is 42.0. The maximum Gasteiger partial charge on any atom is 0.573 e. The monoisotopic (exact) mass is 340 g/mol. The molecule has 3 aliphatic rings. The second kappa shape index (κ2) is 6.14. The van der Waals surface area contributed by atoms with Crippen LogP contribution in [0.1, 0.15) is 25.7 Å². The minimum Gasteiger partial charge on any atom is -0.404 e. The fraction of sp³-hybridized carbons (Fsp3) is 0.667. The van der Waals surface area contributed by atoms with Gasteiger partial charge in [0, 0.05) is 32.2 Å². The number of rotatable bonds is 3. The van der Waals surface area contributed by atoms with Crippen LogP contribution in [0.4, 0.5) is 18.9 Å². The van der Waals surface area contributed by atoms with Crippen LogP contribution in [0.15, 0.2) is 24.3 Å². The van der Waals surface area contributed by atoms with Gasteiger partial charge in [0.1, 0.15) is 0 Å². The third kappa shape index (κ3) is 3.21. The molecule has 0 N–H and O–H groups in total. The Hall–Kier alpha value is -1.43. The highest BCUT2D eigenvalue weighted by atomic mass is 19.4. The molecule has 0 amide bonds. The number of ether oxygens (including phenoxy) is 1. The Morgan fingerprint density at radius 2 is 1.71 bits per heavy atom. The van der Waals surface area contributed by atoms with Gasteiger partial charge in [0.25, 0.3) is 0 Å². The van der Waals surface area contributed by atoms with Crippen molar-refractivity contribution in [1.82, 2.24) is 4.90 Å². The first-order chi connectivity index (χ1) is 11.5. The van der Waals surface area contributed by atoms with Gasteiger partial charge in [-0.2, -0.15) is 0 Å². The molecule has 0 aromatic heterocycles. The summed E-state index contributed by atoms with van der Waals surface area (Å²) in [5.74, 6) is 1.67. The normalized spacial score (nSPS) is 30.8. The van der Waals surface area contributed by atoms with Crippen LogP contribution in [-0.4, -0.2) is 43.5 Å². The highest BCUT2D eigenvalue weighted by molar-refractivity contribution is 5.58. The molecule has 6 heteroatoms. The number of hydrogen-bond acceptors (Lipinski definition) is 3. The lowest BCUT2D eigenvalue weighted by Crippen LogP contribution is -2.51. The van der Waals surface area contributed by atoms with Crippen LogP contribution in [0.2, 0.25) is 0 Å². The van der Waals surface area contributed by atoms with E-state index in [-0.39, 0.29) is 5.75 Å². The van der Waals surface area contributed by atoms with Gasteiger partial charge in [0.2, 0.25) is 0 Å². The van der Waals surface area contributed by atoms with Crippen LogP contribution in [0, 0.1) is 11.8 Å². The summed E-state index contributed by atoms with van der Waals surface area (Å²) in [5, 5.41) is 0. The lowest BCUT2D eigenvalue weighted by molar-refractivity contribution is -0.274. The molecule has 3 atom stereocenters. The molecule has 1 aromatic carbocycles. The number of para-hydroxylation sites is 2. The van der Waals surface area contributed by atoms with Crippen LogP contribution in [0.3, 0.4) is 0 Å². The molecule has 132 valence electrons. The minimum absolute atomic E-state index is 0.0987. The number of nitrogens with zero attached hydrogens (tertiary/aromatic N) is 2. The fourth-order valence-corrected chi connectivity index (χ4v) is 4.88. The lowest BCUT2D eigenvalue weighted by atomic mass is 9.93. The van der Waals surface area contributed by atoms with Crippen molar-refractivity contribution in [2.45, 2.75) is 38.1 Å². The van der Waals surface area contributed by atoms with Gasteiger partial charge in [-0.05, 0) is 43.2 Å². The molecule has 2 bridgehead atoms. The summed E-state index contributed by atoms with van der Waals surface area (Å²) in [6, 6.07) is 7.16. The highest BCUT2D eigenvalue weighted by Gasteiger charge is 2.43. The van der Waals surface area contributed by atoms with E-state index in [0.717, 1.165) is 38.0 Å². The van der Waals surface area contributed by atoms with Crippen molar-refractivity contribution >= 4 is 5.69 Å².